The van der Waals surface area contributed by atoms with E-state index in [9.17, 15) is 14.3 Å². The Morgan fingerprint density at radius 2 is 1.83 bits per heavy atom. The Balaban J connectivity index is 1.75. The first-order valence-corrected chi connectivity index (χ1v) is 8.27. The van der Waals surface area contributed by atoms with Gasteiger partial charge in [0.1, 0.15) is 5.82 Å². The van der Waals surface area contributed by atoms with Crippen LogP contribution in [0.4, 0.5) is 14.9 Å². The third-order valence-corrected chi connectivity index (χ3v) is 5.16. The maximum Gasteiger partial charge on any atom is 0.407 e. The molecule has 1 fully saturated rings. The zero-order valence-electron chi connectivity index (χ0n) is 13.2. The molecule has 2 unspecified atom stereocenters. The number of amides is 1. The van der Waals surface area contributed by atoms with Crippen LogP contribution in [0.2, 0.25) is 0 Å². The third kappa shape index (κ3) is 2.40. The molecule has 0 bridgehead atoms. The van der Waals surface area contributed by atoms with E-state index in [1.807, 2.05) is 24.3 Å². The maximum atomic E-state index is 14.3. The van der Waals surface area contributed by atoms with Crippen molar-refractivity contribution in [1.82, 2.24) is 4.90 Å². The van der Waals surface area contributed by atoms with Crippen molar-refractivity contribution >= 4 is 11.8 Å². The Hall–Kier alpha value is -2.56. The molecule has 0 aromatic heterocycles. The molecule has 0 spiro atoms. The van der Waals surface area contributed by atoms with Crippen LogP contribution in [-0.4, -0.2) is 35.2 Å². The summed E-state index contributed by atoms with van der Waals surface area (Å²) in [5.41, 5.74) is 3.69. The highest BCUT2D eigenvalue weighted by Crippen LogP contribution is 2.46. The maximum absolute atomic E-state index is 14.3. The summed E-state index contributed by atoms with van der Waals surface area (Å²) in [6.45, 7) is 1.05. The number of nitrogens with zero attached hydrogens (tertiary/aromatic N) is 1. The van der Waals surface area contributed by atoms with Crippen molar-refractivity contribution in [2.75, 3.05) is 18.4 Å². The van der Waals surface area contributed by atoms with Crippen LogP contribution in [0.15, 0.2) is 42.5 Å². The number of anilines is 1. The first-order chi connectivity index (χ1) is 11.6. The Bertz CT molecular complexity index is 793. The van der Waals surface area contributed by atoms with E-state index < -0.39 is 6.09 Å². The van der Waals surface area contributed by atoms with Gasteiger partial charge in [-0.15, -0.1) is 0 Å². The first-order valence-electron chi connectivity index (χ1n) is 8.27. The fraction of sp³-hybridized carbons (Fsp3) is 0.316. The molecule has 2 aliphatic rings. The Labute approximate surface area is 139 Å². The van der Waals surface area contributed by atoms with Crippen LogP contribution in [0.5, 0.6) is 0 Å². The number of hydrogen-bond donors (Lipinski definition) is 2. The van der Waals surface area contributed by atoms with E-state index in [1.165, 1.54) is 11.0 Å². The molecule has 0 radical (unpaired) electrons. The number of nitrogens with one attached hydrogen (secondary N) is 1. The van der Waals surface area contributed by atoms with E-state index in [0.29, 0.717) is 18.7 Å². The van der Waals surface area contributed by atoms with Gasteiger partial charge in [-0.05, 0) is 36.1 Å². The van der Waals surface area contributed by atoms with Gasteiger partial charge >= 0.3 is 6.09 Å². The molecule has 2 aromatic carbocycles. The van der Waals surface area contributed by atoms with Crippen molar-refractivity contribution in [3.8, 4) is 11.1 Å². The second-order valence-electron chi connectivity index (χ2n) is 6.45. The number of hydrogen-bond acceptors (Lipinski definition) is 2. The largest absolute Gasteiger partial charge is 0.465 e. The lowest BCUT2D eigenvalue weighted by Crippen LogP contribution is -2.31. The number of carbonyl (C=O) groups is 1. The first kappa shape index (κ1) is 15.0. The van der Waals surface area contributed by atoms with Gasteiger partial charge in [0.15, 0.2) is 0 Å². The van der Waals surface area contributed by atoms with Crippen molar-refractivity contribution in [2.45, 2.75) is 24.8 Å². The monoisotopic (exact) mass is 326 g/mol. The highest BCUT2D eigenvalue weighted by Gasteiger charge is 2.37. The average molecular weight is 326 g/mol. The molecule has 1 amide bonds. The minimum Gasteiger partial charge on any atom is -0.465 e. The van der Waals surface area contributed by atoms with E-state index in [0.717, 1.165) is 29.7 Å². The van der Waals surface area contributed by atoms with E-state index in [4.69, 9.17) is 0 Å². The SMILES string of the molecule is O=C(O)N1CCC2Nc3cccc(-c4ccccc4F)c3C2CC1. The second-order valence-corrected chi connectivity index (χ2v) is 6.45. The van der Waals surface area contributed by atoms with Gasteiger partial charge in [-0.2, -0.15) is 0 Å². The lowest BCUT2D eigenvalue weighted by molar-refractivity contribution is 0.147. The summed E-state index contributed by atoms with van der Waals surface area (Å²) in [7, 11) is 0. The number of halogens is 1. The molecule has 0 aliphatic carbocycles. The number of likely N-dealkylation sites (tertiary alicyclic amines) is 1. The van der Waals surface area contributed by atoms with Crippen LogP contribution in [0.25, 0.3) is 11.1 Å². The van der Waals surface area contributed by atoms with Gasteiger partial charge in [0.25, 0.3) is 0 Å². The molecule has 2 heterocycles. The van der Waals surface area contributed by atoms with E-state index >= 15 is 0 Å². The molecule has 1 saturated heterocycles. The highest BCUT2D eigenvalue weighted by atomic mass is 19.1. The summed E-state index contributed by atoms with van der Waals surface area (Å²) < 4.78 is 14.3. The van der Waals surface area contributed by atoms with Gasteiger partial charge in [0.2, 0.25) is 0 Å². The lowest BCUT2D eigenvalue weighted by atomic mass is 9.86. The Kier molecular flexibility index (Phi) is 3.63. The molecule has 2 N–H and O–H groups in total. The zero-order chi connectivity index (χ0) is 16.7. The smallest absolute Gasteiger partial charge is 0.407 e. The van der Waals surface area contributed by atoms with Crippen molar-refractivity contribution in [3.05, 3.63) is 53.8 Å². The predicted molar refractivity (Wildman–Crippen MR) is 90.8 cm³/mol. The summed E-state index contributed by atoms with van der Waals surface area (Å²) in [5.74, 6) is -0.0182. The number of carboxylic acid groups (broad SMARTS) is 1. The minimum atomic E-state index is -0.863. The highest BCUT2D eigenvalue weighted by molar-refractivity contribution is 5.78. The third-order valence-electron chi connectivity index (χ3n) is 5.16. The molecule has 24 heavy (non-hydrogen) atoms. The molecule has 5 heteroatoms. The topological polar surface area (TPSA) is 52.6 Å². The molecular formula is C19H19FN2O2. The molecule has 2 aliphatic heterocycles. The van der Waals surface area contributed by atoms with Gasteiger partial charge in [0.05, 0.1) is 0 Å². The van der Waals surface area contributed by atoms with Gasteiger partial charge < -0.3 is 15.3 Å². The number of benzene rings is 2. The Morgan fingerprint density at radius 3 is 2.62 bits per heavy atom. The van der Waals surface area contributed by atoms with E-state index in [2.05, 4.69) is 5.32 Å². The van der Waals surface area contributed by atoms with E-state index in [1.54, 1.807) is 12.1 Å². The van der Waals surface area contributed by atoms with E-state index in [-0.39, 0.29) is 17.8 Å². The van der Waals surface area contributed by atoms with Gasteiger partial charge in [-0.25, -0.2) is 9.18 Å². The van der Waals surface area contributed by atoms with Crippen molar-refractivity contribution in [2.24, 2.45) is 0 Å². The van der Waals surface area contributed by atoms with Gasteiger partial charge in [-0.1, -0.05) is 30.3 Å². The van der Waals surface area contributed by atoms with Crippen molar-refractivity contribution < 1.29 is 14.3 Å². The number of fused-ring (bicyclic) bond motifs is 3. The molecule has 2 atom stereocenters. The molecule has 0 saturated carbocycles. The van der Waals surface area contributed by atoms with Crippen molar-refractivity contribution in [1.29, 1.82) is 0 Å². The predicted octanol–water partition coefficient (Wildman–Crippen LogP) is 4.14. The zero-order valence-corrected chi connectivity index (χ0v) is 13.2. The fourth-order valence-electron chi connectivity index (χ4n) is 4.02. The summed E-state index contributed by atoms with van der Waals surface area (Å²) in [5, 5.41) is 12.8. The van der Waals surface area contributed by atoms with Gasteiger partial charge in [-0.3, -0.25) is 0 Å². The van der Waals surface area contributed by atoms with Crippen LogP contribution in [-0.2, 0) is 0 Å². The summed E-state index contributed by atoms with van der Waals surface area (Å²) in [6, 6.07) is 13.0. The number of rotatable bonds is 1. The van der Waals surface area contributed by atoms with Crippen LogP contribution in [0.1, 0.15) is 24.3 Å². The van der Waals surface area contributed by atoms with Crippen molar-refractivity contribution in [3.63, 3.8) is 0 Å². The summed E-state index contributed by atoms with van der Waals surface area (Å²) in [6.07, 6.45) is 0.655. The molecule has 2 aromatic rings. The van der Waals surface area contributed by atoms with Crippen LogP contribution in [0, 0.1) is 5.82 Å². The summed E-state index contributed by atoms with van der Waals surface area (Å²) >= 11 is 0. The normalized spacial score (nSPS) is 22.3. The minimum absolute atomic E-state index is 0.206. The molecular weight excluding hydrogens is 307 g/mol. The second kappa shape index (κ2) is 5.82. The van der Waals surface area contributed by atoms with Crippen LogP contribution >= 0.6 is 0 Å². The Morgan fingerprint density at radius 1 is 1.08 bits per heavy atom. The van der Waals surface area contributed by atoms with Crippen LogP contribution < -0.4 is 5.32 Å². The standard InChI is InChI=1S/C19H19FN2O2/c20-15-6-2-1-4-12(15)13-5-3-7-17-18(13)14-8-10-22(19(23)24)11-9-16(14)21-17/h1-7,14,16,21H,8-11H2,(H,23,24). The fourth-order valence-corrected chi connectivity index (χ4v) is 4.02. The van der Waals surface area contributed by atoms with Gasteiger partial charge in [0, 0.05) is 36.3 Å². The average Bonchev–Trinajstić information content (AvgIpc) is 2.79. The summed E-state index contributed by atoms with van der Waals surface area (Å²) in [4.78, 5) is 12.7. The lowest BCUT2D eigenvalue weighted by Gasteiger charge is -2.18. The van der Waals surface area contributed by atoms with Crippen LogP contribution in [0.3, 0.4) is 0 Å². The molecule has 4 nitrogen and oxygen atoms in total. The molecule has 4 rings (SSSR count). The molecule has 124 valence electrons. The quantitative estimate of drug-likeness (QED) is 0.828.